The van der Waals surface area contributed by atoms with E-state index in [4.69, 9.17) is 11.6 Å². The van der Waals surface area contributed by atoms with E-state index in [1.54, 1.807) is 24.3 Å². The first-order valence-electron chi connectivity index (χ1n) is 4.45. The second kappa shape index (κ2) is 4.51. The van der Waals surface area contributed by atoms with Gasteiger partial charge in [0.25, 0.3) is 0 Å². The molecule has 15 heavy (non-hydrogen) atoms. The van der Waals surface area contributed by atoms with Gasteiger partial charge in [-0.3, -0.25) is 0 Å². The lowest BCUT2D eigenvalue weighted by Gasteiger charge is -2.17. The molecule has 0 fully saturated rings. The van der Waals surface area contributed by atoms with Crippen LogP contribution >= 0.6 is 11.6 Å². The van der Waals surface area contributed by atoms with Crippen molar-refractivity contribution >= 4 is 21.4 Å². The first-order chi connectivity index (χ1) is 6.82. The first kappa shape index (κ1) is 12.5. The molecule has 0 aliphatic carbocycles. The lowest BCUT2D eigenvalue weighted by atomic mass is 10.1. The molecule has 5 heteroatoms. The summed E-state index contributed by atoms with van der Waals surface area (Å²) in [5.41, 5.74) is 0.514. The maximum absolute atomic E-state index is 11.2. The van der Waals surface area contributed by atoms with E-state index in [0.29, 0.717) is 10.6 Å². The quantitative estimate of drug-likeness (QED) is 0.888. The number of aliphatic hydroxyl groups is 1. The van der Waals surface area contributed by atoms with Gasteiger partial charge in [-0.1, -0.05) is 23.7 Å². The van der Waals surface area contributed by atoms with E-state index in [1.165, 1.54) is 6.92 Å². The fourth-order valence-electron chi connectivity index (χ4n) is 1.20. The lowest BCUT2D eigenvalue weighted by molar-refractivity contribution is 0.176. The molecule has 1 rings (SSSR count). The molecule has 0 aromatic heterocycles. The summed E-state index contributed by atoms with van der Waals surface area (Å²) >= 11 is 5.75. The molecule has 0 bridgehead atoms. The number of sulfone groups is 1. The van der Waals surface area contributed by atoms with E-state index in [2.05, 4.69) is 0 Å². The predicted octanol–water partition coefficient (Wildman–Crippen LogP) is 1.81. The van der Waals surface area contributed by atoms with Gasteiger partial charge < -0.3 is 5.11 Å². The van der Waals surface area contributed by atoms with Crippen LogP contribution in [0.15, 0.2) is 24.3 Å². The highest BCUT2D eigenvalue weighted by atomic mass is 35.5. The normalized spacial score (nSPS) is 16.0. The molecule has 3 nitrogen and oxygen atoms in total. The highest BCUT2D eigenvalue weighted by Gasteiger charge is 2.25. The minimum Gasteiger partial charge on any atom is -0.387 e. The van der Waals surface area contributed by atoms with Crippen LogP contribution in [-0.4, -0.2) is 25.0 Å². The van der Waals surface area contributed by atoms with Gasteiger partial charge in [0, 0.05) is 11.3 Å². The van der Waals surface area contributed by atoms with E-state index >= 15 is 0 Å². The Hall–Kier alpha value is -0.580. The van der Waals surface area contributed by atoms with Gasteiger partial charge in [0.1, 0.15) is 0 Å². The number of hydrogen-bond donors (Lipinski definition) is 1. The van der Waals surface area contributed by atoms with E-state index in [9.17, 15) is 13.5 Å². The van der Waals surface area contributed by atoms with Gasteiger partial charge >= 0.3 is 0 Å². The van der Waals surface area contributed by atoms with Crippen LogP contribution in [0.2, 0.25) is 5.02 Å². The van der Waals surface area contributed by atoms with Crippen molar-refractivity contribution < 1.29 is 13.5 Å². The zero-order valence-corrected chi connectivity index (χ0v) is 10.1. The molecule has 1 aromatic rings. The third-order valence-electron chi connectivity index (χ3n) is 2.31. The summed E-state index contributed by atoms with van der Waals surface area (Å²) in [6.07, 6.45) is 0.0597. The van der Waals surface area contributed by atoms with Gasteiger partial charge in [0.2, 0.25) is 0 Å². The molecule has 0 amide bonds. The number of aliphatic hydroxyl groups excluding tert-OH is 1. The van der Waals surface area contributed by atoms with Crippen molar-refractivity contribution in [3.05, 3.63) is 34.9 Å². The zero-order valence-electron chi connectivity index (χ0n) is 8.51. The summed E-state index contributed by atoms with van der Waals surface area (Å²) < 4.78 is 22.5. The van der Waals surface area contributed by atoms with Crippen molar-refractivity contribution in [2.24, 2.45) is 0 Å². The summed E-state index contributed by atoms with van der Waals surface area (Å²) in [7, 11) is -3.26. The number of benzene rings is 1. The molecule has 0 unspecified atom stereocenters. The Morgan fingerprint density at radius 2 is 2.00 bits per heavy atom. The summed E-state index contributed by atoms with van der Waals surface area (Å²) in [6, 6.07) is 6.56. The molecule has 0 aliphatic rings. The molecular weight excluding hydrogens is 236 g/mol. The molecule has 0 spiro atoms. The van der Waals surface area contributed by atoms with Gasteiger partial charge in [0.15, 0.2) is 9.84 Å². The van der Waals surface area contributed by atoms with E-state index < -0.39 is 21.2 Å². The molecule has 0 saturated heterocycles. The van der Waals surface area contributed by atoms with Crippen LogP contribution < -0.4 is 0 Å². The van der Waals surface area contributed by atoms with Crippen LogP contribution in [0.3, 0.4) is 0 Å². The van der Waals surface area contributed by atoms with Gasteiger partial charge in [-0.15, -0.1) is 0 Å². The smallest absolute Gasteiger partial charge is 0.152 e. The molecule has 0 saturated carbocycles. The summed E-state index contributed by atoms with van der Waals surface area (Å²) in [5, 5.41) is 9.45. The Morgan fingerprint density at radius 3 is 2.47 bits per heavy atom. The van der Waals surface area contributed by atoms with Crippen molar-refractivity contribution in [1.29, 1.82) is 0 Å². The number of rotatable bonds is 3. The first-order valence-corrected chi connectivity index (χ1v) is 6.78. The topological polar surface area (TPSA) is 54.4 Å². The second-order valence-electron chi connectivity index (χ2n) is 3.53. The van der Waals surface area contributed by atoms with Crippen LogP contribution in [-0.2, 0) is 9.84 Å². The molecule has 0 heterocycles. The van der Waals surface area contributed by atoms with Crippen molar-refractivity contribution in [3.8, 4) is 0 Å². The second-order valence-corrected chi connectivity index (χ2v) is 6.37. The minimum absolute atomic E-state index is 0.479. The monoisotopic (exact) mass is 248 g/mol. The number of halogens is 1. The molecule has 1 aromatic carbocycles. The average molecular weight is 249 g/mol. The lowest BCUT2D eigenvalue weighted by Crippen LogP contribution is -2.24. The van der Waals surface area contributed by atoms with E-state index in [-0.39, 0.29) is 0 Å². The molecule has 0 aliphatic heterocycles. The van der Waals surface area contributed by atoms with Crippen LogP contribution in [0, 0.1) is 0 Å². The maximum atomic E-state index is 11.2. The van der Waals surface area contributed by atoms with Gasteiger partial charge in [0.05, 0.1) is 11.4 Å². The van der Waals surface area contributed by atoms with Crippen LogP contribution in [0.5, 0.6) is 0 Å². The molecule has 84 valence electrons. The van der Waals surface area contributed by atoms with E-state index in [1.807, 2.05) is 0 Å². The largest absolute Gasteiger partial charge is 0.387 e. The summed E-state index contributed by atoms with van der Waals surface area (Å²) in [5.74, 6) is 0. The highest BCUT2D eigenvalue weighted by Crippen LogP contribution is 2.23. The number of hydrogen-bond acceptors (Lipinski definition) is 3. The van der Waals surface area contributed by atoms with E-state index in [0.717, 1.165) is 6.26 Å². The Balaban J connectivity index is 3.00. The molecular formula is C10H13ClO3S. The van der Waals surface area contributed by atoms with Crippen molar-refractivity contribution in [3.63, 3.8) is 0 Å². The predicted molar refractivity (Wildman–Crippen MR) is 60.7 cm³/mol. The zero-order chi connectivity index (χ0) is 11.6. The van der Waals surface area contributed by atoms with Gasteiger partial charge in [-0.05, 0) is 24.6 Å². The van der Waals surface area contributed by atoms with Crippen LogP contribution in [0.1, 0.15) is 18.6 Å². The Morgan fingerprint density at radius 1 is 1.40 bits per heavy atom. The minimum atomic E-state index is -3.26. The van der Waals surface area contributed by atoms with Crippen LogP contribution in [0.25, 0.3) is 0 Å². The highest BCUT2D eigenvalue weighted by molar-refractivity contribution is 7.91. The summed E-state index contributed by atoms with van der Waals surface area (Å²) in [6.45, 7) is 1.47. The Labute approximate surface area is 94.6 Å². The molecule has 0 radical (unpaired) electrons. The SMILES string of the molecule is C[C@@H]([C@@H](O)c1cccc(Cl)c1)S(C)(=O)=O. The standard InChI is InChI=1S/C10H13ClO3S/c1-7(15(2,13)14)10(12)8-4-3-5-9(11)6-8/h3-7,10,12H,1-2H3/t7-,10+/m0/s1. The fourth-order valence-corrected chi connectivity index (χ4v) is 2.02. The Bertz CT molecular complexity index is 442. The summed E-state index contributed by atoms with van der Waals surface area (Å²) in [4.78, 5) is 0. The Kier molecular flexibility index (Phi) is 3.76. The average Bonchev–Trinajstić information content (AvgIpc) is 2.14. The fraction of sp³-hybridized carbons (Fsp3) is 0.400. The third-order valence-corrected chi connectivity index (χ3v) is 4.15. The van der Waals surface area contributed by atoms with Crippen LogP contribution in [0.4, 0.5) is 0 Å². The third kappa shape index (κ3) is 3.19. The van der Waals surface area contributed by atoms with Crippen molar-refractivity contribution in [2.45, 2.75) is 18.3 Å². The molecule has 2 atom stereocenters. The van der Waals surface area contributed by atoms with Gasteiger partial charge in [-0.25, -0.2) is 8.42 Å². The van der Waals surface area contributed by atoms with Gasteiger partial charge in [-0.2, -0.15) is 0 Å². The van der Waals surface area contributed by atoms with Crippen molar-refractivity contribution in [1.82, 2.24) is 0 Å². The van der Waals surface area contributed by atoms with Crippen molar-refractivity contribution in [2.75, 3.05) is 6.26 Å². The maximum Gasteiger partial charge on any atom is 0.152 e. The molecule has 1 N–H and O–H groups in total.